The number of alkyl halides is 2. The maximum absolute atomic E-state index is 13.9. The first kappa shape index (κ1) is 16.8. The van der Waals surface area contributed by atoms with Gasteiger partial charge in [0.2, 0.25) is 0 Å². The van der Waals surface area contributed by atoms with E-state index in [1.54, 1.807) is 0 Å². The Kier molecular flexibility index (Phi) is 4.79. The Morgan fingerprint density at radius 2 is 2.14 bits per heavy atom. The molecule has 1 atom stereocenters. The van der Waals surface area contributed by atoms with Gasteiger partial charge < -0.3 is 15.6 Å². The highest BCUT2D eigenvalue weighted by Gasteiger charge is 2.50. The molecular formula is C12H14F2N2O5. The SMILES string of the molecule is CCOC(=O)C(F)(F)[C@@H](N)c1c([N+](=O)[O-])ccc(C)c1O. The van der Waals surface area contributed by atoms with Crippen LogP contribution in [0.1, 0.15) is 24.1 Å². The minimum absolute atomic E-state index is 0.116. The maximum atomic E-state index is 13.9. The number of esters is 1. The summed E-state index contributed by atoms with van der Waals surface area (Å²) in [4.78, 5) is 21.2. The number of nitro groups is 1. The van der Waals surface area contributed by atoms with Gasteiger partial charge in [0, 0.05) is 6.07 Å². The molecule has 0 radical (unpaired) electrons. The molecule has 9 heteroatoms. The number of hydrogen-bond donors (Lipinski definition) is 2. The number of carbonyl (C=O) groups excluding carboxylic acids is 1. The molecule has 7 nitrogen and oxygen atoms in total. The average molecular weight is 304 g/mol. The summed E-state index contributed by atoms with van der Waals surface area (Å²) in [7, 11) is 0. The van der Waals surface area contributed by atoms with Crippen LogP contribution in [0, 0.1) is 17.0 Å². The largest absolute Gasteiger partial charge is 0.507 e. The van der Waals surface area contributed by atoms with Gasteiger partial charge in [-0.1, -0.05) is 0 Å². The summed E-state index contributed by atoms with van der Waals surface area (Å²) < 4.78 is 32.0. The molecule has 1 aromatic carbocycles. The summed E-state index contributed by atoms with van der Waals surface area (Å²) in [5.41, 5.74) is 3.81. The third-order valence-corrected chi connectivity index (χ3v) is 2.84. The van der Waals surface area contributed by atoms with Gasteiger partial charge in [-0.15, -0.1) is 0 Å². The number of phenolic OH excluding ortho intramolecular Hbond substituents is 1. The standard InChI is InChI=1S/C12H14F2N2O5/c1-3-21-11(18)12(13,14)10(15)8-7(16(19)20)5-4-6(2)9(8)17/h4-5,10,17H,3,15H2,1-2H3/t10-/m0/s1. The topological polar surface area (TPSA) is 116 Å². The van der Waals surface area contributed by atoms with Gasteiger partial charge in [0.15, 0.2) is 0 Å². The zero-order chi connectivity index (χ0) is 16.4. The van der Waals surface area contributed by atoms with E-state index in [1.807, 2.05) is 0 Å². The van der Waals surface area contributed by atoms with Crippen molar-refractivity contribution >= 4 is 11.7 Å². The van der Waals surface area contributed by atoms with Crippen LogP contribution < -0.4 is 5.73 Å². The fourth-order valence-corrected chi connectivity index (χ4v) is 1.71. The van der Waals surface area contributed by atoms with Crippen LogP contribution in [0.15, 0.2) is 12.1 Å². The zero-order valence-corrected chi connectivity index (χ0v) is 11.3. The molecule has 0 aromatic heterocycles. The number of aryl methyl sites for hydroxylation is 1. The van der Waals surface area contributed by atoms with Crippen molar-refractivity contribution in [3.63, 3.8) is 0 Å². The highest BCUT2D eigenvalue weighted by Crippen LogP contribution is 2.41. The molecule has 1 rings (SSSR count). The molecule has 0 amide bonds. The molecule has 0 unspecified atom stereocenters. The first-order valence-corrected chi connectivity index (χ1v) is 5.92. The maximum Gasteiger partial charge on any atom is 0.379 e. The highest BCUT2D eigenvalue weighted by atomic mass is 19.3. The Balaban J connectivity index is 3.41. The van der Waals surface area contributed by atoms with Crippen molar-refractivity contribution in [3.05, 3.63) is 33.4 Å². The predicted octanol–water partition coefficient (Wildman–Crippen LogP) is 1.81. The van der Waals surface area contributed by atoms with Crippen molar-refractivity contribution in [2.24, 2.45) is 5.73 Å². The van der Waals surface area contributed by atoms with Gasteiger partial charge in [-0.2, -0.15) is 8.78 Å². The van der Waals surface area contributed by atoms with Crippen LogP contribution in [0.25, 0.3) is 0 Å². The van der Waals surface area contributed by atoms with E-state index in [1.165, 1.54) is 19.9 Å². The van der Waals surface area contributed by atoms with Crippen LogP contribution in [0.4, 0.5) is 14.5 Å². The fourth-order valence-electron chi connectivity index (χ4n) is 1.71. The van der Waals surface area contributed by atoms with Crippen molar-refractivity contribution in [1.29, 1.82) is 0 Å². The van der Waals surface area contributed by atoms with Gasteiger partial charge in [-0.05, 0) is 25.5 Å². The number of carbonyl (C=O) groups is 1. The summed E-state index contributed by atoms with van der Waals surface area (Å²) in [6, 6.07) is -0.283. The van der Waals surface area contributed by atoms with Gasteiger partial charge in [0.25, 0.3) is 5.69 Å². The minimum Gasteiger partial charge on any atom is -0.507 e. The van der Waals surface area contributed by atoms with Crippen molar-refractivity contribution in [2.45, 2.75) is 25.8 Å². The van der Waals surface area contributed by atoms with E-state index in [0.717, 1.165) is 6.07 Å². The van der Waals surface area contributed by atoms with E-state index in [4.69, 9.17) is 5.73 Å². The average Bonchev–Trinajstić information content (AvgIpc) is 2.40. The number of rotatable bonds is 5. The van der Waals surface area contributed by atoms with Crippen LogP contribution in [0.5, 0.6) is 5.75 Å². The van der Waals surface area contributed by atoms with Gasteiger partial charge >= 0.3 is 11.9 Å². The summed E-state index contributed by atoms with van der Waals surface area (Å²) in [6.45, 7) is 2.38. The van der Waals surface area contributed by atoms with Crippen LogP contribution in [-0.4, -0.2) is 28.5 Å². The molecule has 0 saturated carbocycles. The molecule has 1 aromatic rings. The van der Waals surface area contributed by atoms with Crippen LogP contribution in [0.2, 0.25) is 0 Å². The number of nitro benzene ring substituents is 1. The van der Waals surface area contributed by atoms with E-state index in [0.29, 0.717) is 0 Å². The Bertz CT molecular complexity index is 577. The van der Waals surface area contributed by atoms with Crippen molar-refractivity contribution in [2.75, 3.05) is 6.61 Å². The third-order valence-electron chi connectivity index (χ3n) is 2.84. The molecule has 0 aliphatic carbocycles. The van der Waals surface area contributed by atoms with E-state index in [-0.39, 0.29) is 12.2 Å². The lowest BCUT2D eigenvalue weighted by molar-refractivity contribution is -0.386. The van der Waals surface area contributed by atoms with Crippen LogP contribution >= 0.6 is 0 Å². The number of phenols is 1. The summed E-state index contributed by atoms with van der Waals surface area (Å²) >= 11 is 0. The Morgan fingerprint density at radius 3 is 2.62 bits per heavy atom. The summed E-state index contributed by atoms with van der Waals surface area (Å²) in [5, 5.41) is 20.7. The third kappa shape index (κ3) is 3.07. The molecule has 0 fully saturated rings. The second kappa shape index (κ2) is 6.00. The zero-order valence-electron chi connectivity index (χ0n) is 11.3. The summed E-state index contributed by atoms with van der Waals surface area (Å²) in [6.07, 6.45) is 0. The van der Waals surface area contributed by atoms with E-state index in [2.05, 4.69) is 4.74 Å². The molecule has 0 saturated heterocycles. The number of nitrogens with zero attached hydrogens (tertiary/aromatic N) is 1. The number of ether oxygens (including phenoxy) is 1. The predicted molar refractivity (Wildman–Crippen MR) is 68.0 cm³/mol. The lowest BCUT2D eigenvalue weighted by Crippen LogP contribution is -2.42. The fraction of sp³-hybridized carbons (Fsp3) is 0.417. The molecule has 0 aliphatic heterocycles. The van der Waals surface area contributed by atoms with Gasteiger partial charge in [0.05, 0.1) is 17.1 Å². The number of benzene rings is 1. The van der Waals surface area contributed by atoms with Crippen molar-refractivity contribution < 1.29 is 28.3 Å². The second-order valence-corrected chi connectivity index (χ2v) is 4.24. The van der Waals surface area contributed by atoms with E-state index in [9.17, 15) is 28.8 Å². The first-order valence-electron chi connectivity index (χ1n) is 5.92. The molecular weight excluding hydrogens is 290 g/mol. The van der Waals surface area contributed by atoms with E-state index < -0.39 is 39.9 Å². The molecule has 0 bridgehead atoms. The monoisotopic (exact) mass is 304 g/mol. The van der Waals surface area contributed by atoms with Gasteiger partial charge in [-0.3, -0.25) is 10.1 Å². The van der Waals surface area contributed by atoms with Gasteiger partial charge in [-0.25, -0.2) is 4.79 Å². The Morgan fingerprint density at radius 1 is 1.57 bits per heavy atom. The number of hydrogen-bond acceptors (Lipinski definition) is 6. The van der Waals surface area contributed by atoms with Crippen LogP contribution in [0.3, 0.4) is 0 Å². The lowest BCUT2D eigenvalue weighted by atomic mass is 9.96. The number of aromatic hydroxyl groups is 1. The Labute approximate surface area is 118 Å². The molecule has 21 heavy (non-hydrogen) atoms. The minimum atomic E-state index is -4.22. The molecule has 0 spiro atoms. The lowest BCUT2D eigenvalue weighted by Gasteiger charge is -2.22. The quantitative estimate of drug-likeness (QED) is 0.487. The molecule has 0 heterocycles. The second-order valence-electron chi connectivity index (χ2n) is 4.24. The normalized spacial score (nSPS) is 12.8. The molecule has 0 aliphatic rings. The van der Waals surface area contributed by atoms with Gasteiger partial charge in [0.1, 0.15) is 11.8 Å². The number of nitrogens with two attached hydrogens (primary N) is 1. The Hall–Kier alpha value is -2.29. The van der Waals surface area contributed by atoms with Crippen molar-refractivity contribution in [1.82, 2.24) is 0 Å². The van der Waals surface area contributed by atoms with Crippen LogP contribution in [-0.2, 0) is 9.53 Å². The highest BCUT2D eigenvalue weighted by molar-refractivity contribution is 5.79. The van der Waals surface area contributed by atoms with E-state index >= 15 is 0 Å². The first-order chi connectivity index (χ1) is 9.64. The summed E-state index contributed by atoms with van der Waals surface area (Å²) in [5.74, 6) is -6.88. The number of halogens is 2. The molecule has 3 N–H and O–H groups in total. The molecule has 116 valence electrons. The van der Waals surface area contributed by atoms with Crippen molar-refractivity contribution in [3.8, 4) is 5.75 Å². The smallest absolute Gasteiger partial charge is 0.379 e.